The number of hydrogen-bond donors (Lipinski definition) is 1. The lowest BCUT2D eigenvalue weighted by Crippen LogP contribution is -2.30. The Morgan fingerprint density at radius 2 is 2.36 bits per heavy atom. The van der Waals surface area contributed by atoms with Gasteiger partial charge in [-0.25, -0.2) is 4.98 Å². The SMILES string of the molecule is CN(CC(N)=O)Cc1ccc(Cl)nc1. The molecule has 2 N–H and O–H groups in total. The Balaban J connectivity index is 2.51. The second-order valence-corrected chi connectivity index (χ2v) is 3.52. The van der Waals surface area contributed by atoms with E-state index in [4.69, 9.17) is 17.3 Å². The Bertz CT molecular complexity index is 312. The third-order valence-corrected chi connectivity index (χ3v) is 1.89. The first-order valence-corrected chi connectivity index (χ1v) is 4.53. The predicted octanol–water partition coefficient (Wildman–Crippen LogP) is 0.652. The zero-order valence-electron chi connectivity index (χ0n) is 7.90. The molecule has 0 unspecified atom stereocenters. The first kappa shape index (κ1) is 10.9. The van der Waals surface area contributed by atoms with E-state index < -0.39 is 0 Å². The van der Waals surface area contributed by atoms with E-state index in [1.165, 1.54) is 0 Å². The molecule has 1 amide bonds. The smallest absolute Gasteiger partial charge is 0.231 e. The van der Waals surface area contributed by atoms with Gasteiger partial charge in [0.15, 0.2) is 0 Å². The third-order valence-electron chi connectivity index (χ3n) is 1.67. The minimum atomic E-state index is -0.338. The highest BCUT2D eigenvalue weighted by Crippen LogP contribution is 2.06. The molecule has 0 saturated carbocycles. The van der Waals surface area contributed by atoms with E-state index in [-0.39, 0.29) is 12.5 Å². The molecule has 0 bridgehead atoms. The Kier molecular flexibility index (Phi) is 3.85. The van der Waals surface area contributed by atoms with Crippen LogP contribution in [0.3, 0.4) is 0 Å². The summed E-state index contributed by atoms with van der Waals surface area (Å²) in [7, 11) is 1.82. The van der Waals surface area contributed by atoms with Crippen molar-refractivity contribution in [2.45, 2.75) is 6.54 Å². The summed E-state index contributed by atoms with van der Waals surface area (Å²) < 4.78 is 0. The van der Waals surface area contributed by atoms with Gasteiger partial charge >= 0.3 is 0 Å². The second kappa shape index (κ2) is 4.93. The van der Waals surface area contributed by atoms with Crippen molar-refractivity contribution in [2.24, 2.45) is 5.73 Å². The highest BCUT2D eigenvalue weighted by Gasteiger charge is 2.03. The van der Waals surface area contributed by atoms with Crippen LogP contribution in [-0.2, 0) is 11.3 Å². The van der Waals surface area contributed by atoms with Crippen LogP contribution in [0.2, 0.25) is 5.15 Å². The van der Waals surface area contributed by atoms with Gasteiger partial charge in [-0.3, -0.25) is 9.69 Å². The average Bonchev–Trinajstić information content (AvgIpc) is 2.07. The van der Waals surface area contributed by atoms with Gasteiger partial charge in [-0.2, -0.15) is 0 Å². The lowest BCUT2D eigenvalue weighted by atomic mass is 10.3. The monoisotopic (exact) mass is 213 g/mol. The fourth-order valence-electron chi connectivity index (χ4n) is 1.13. The predicted molar refractivity (Wildman–Crippen MR) is 54.8 cm³/mol. The summed E-state index contributed by atoms with van der Waals surface area (Å²) in [5, 5.41) is 0.464. The maximum atomic E-state index is 10.6. The Morgan fingerprint density at radius 3 is 2.86 bits per heavy atom. The molecule has 1 aromatic heterocycles. The summed E-state index contributed by atoms with van der Waals surface area (Å²) in [5.74, 6) is -0.338. The molecule has 1 rings (SSSR count). The fraction of sp³-hybridized carbons (Fsp3) is 0.333. The summed E-state index contributed by atoms with van der Waals surface area (Å²) in [6.07, 6.45) is 1.68. The van der Waals surface area contributed by atoms with Crippen LogP contribution in [0, 0.1) is 0 Å². The first-order valence-electron chi connectivity index (χ1n) is 4.15. The van der Waals surface area contributed by atoms with Crippen molar-refractivity contribution in [3.05, 3.63) is 29.0 Å². The quantitative estimate of drug-likeness (QED) is 0.748. The fourth-order valence-corrected chi connectivity index (χ4v) is 1.25. The van der Waals surface area contributed by atoms with E-state index in [1.807, 2.05) is 18.0 Å². The molecule has 5 heteroatoms. The second-order valence-electron chi connectivity index (χ2n) is 3.13. The Morgan fingerprint density at radius 1 is 1.64 bits per heavy atom. The first-order chi connectivity index (χ1) is 6.58. The van der Waals surface area contributed by atoms with Crippen molar-refractivity contribution in [3.63, 3.8) is 0 Å². The van der Waals surface area contributed by atoms with Crippen LogP contribution in [0.1, 0.15) is 5.56 Å². The minimum absolute atomic E-state index is 0.239. The molecule has 0 saturated heterocycles. The lowest BCUT2D eigenvalue weighted by Gasteiger charge is -2.13. The number of aromatic nitrogens is 1. The van der Waals surface area contributed by atoms with Gasteiger partial charge in [-0.05, 0) is 18.7 Å². The summed E-state index contributed by atoms with van der Waals surface area (Å²) >= 11 is 5.63. The summed E-state index contributed by atoms with van der Waals surface area (Å²) in [6.45, 7) is 0.871. The van der Waals surface area contributed by atoms with Crippen LogP contribution in [0.4, 0.5) is 0 Å². The van der Waals surface area contributed by atoms with Gasteiger partial charge < -0.3 is 5.73 Å². The molecule has 0 atom stereocenters. The number of carbonyl (C=O) groups is 1. The molecule has 0 spiro atoms. The van der Waals surface area contributed by atoms with Crippen molar-refractivity contribution in [1.29, 1.82) is 0 Å². The molecule has 0 aliphatic heterocycles. The van der Waals surface area contributed by atoms with E-state index in [0.717, 1.165) is 5.56 Å². The normalized spacial score (nSPS) is 10.5. The third kappa shape index (κ3) is 3.72. The van der Waals surface area contributed by atoms with Gasteiger partial charge in [0.05, 0.1) is 6.54 Å². The van der Waals surface area contributed by atoms with Gasteiger partial charge in [0.25, 0.3) is 0 Å². The minimum Gasteiger partial charge on any atom is -0.369 e. The summed E-state index contributed by atoms with van der Waals surface area (Å²) in [6, 6.07) is 3.59. The van der Waals surface area contributed by atoms with Crippen molar-refractivity contribution >= 4 is 17.5 Å². The highest BCUT2D eigenvalue weighted by molar-refractivity contribution is 6.29. The molecular formula is C9H12ClN3O. The van der Waals surface area contributed by atoms with E-state index in [9.17, 15) is 4.79 Å². The van der Waals surface area contributed by atoms with E-state index in [0.29, 0.717) is 11.7 Å². The van der Waals surface area contributed by atoms with Gasteiger partial charge in [0.2, 0.25) is 5.91 Å². The maximum Gasteiger partial charge on any atom is 0.231 e. The van der Waals surface area contributed by atoms with Crippen LogP contribution in [-0.4, -0.2) is 29.4 Å². The standard InChI is InChI=1S/C9H12ClN3O/c1-13(6-9(11)14)5-7-2-3-8(10)12-4-7/h2-4H,5-6H2,1H3,(H2,11,14). The van der Waals surface area contributed by atoms with Crippen molar-refractivity contribution in [3.8, 4) is 0 Å². The number of likely N-dealkylation sites (N-methyl/N-ethyl adjacent to an activating group) is 1. The molecule has 4 nitrogen and oxygen atoms in total. The van der Waals surface area contributed by atoms with Crippen LogP contribution < -0.4 is 5.73 Å². The molecule has 0 aromatic carbocycles. The number of carbonyl (C=O) groups excluding carboxylic acids is 1. The molecule has 0 aliphatic rings. The van der Waals surface area contributed by atoms with Gasteiger partial charge in [0, 0.05) is 12.7 Å². The van der Waals surface area contributed by atoms with Gasteiger partial charge in [0.1, 0.15) is 5.15 Å². The number of halogens is 1. The largest absolute Gasteiger partial charge is 0.369 e. The maximum absolute atomic E-state index is 10.6. The van der Waals surface area contributed by atoms with Crippen LogP contribution in [0.15, 0.2) is 18.3 Å². The zero-order chi connectivity index (χ0) is 10.6. The number of pyridine rings is 1. The Labute approximate surface area is 87.7 Å². The van der Waals surface area contributed by atoms with Gasteiger partial charge in [-0.15, -0.1) is 0 Å². The Hall–Kier alpha value is -1.13. The number of amides is 1. The number of hydrogen-bond acceptors (Lipinski definition) is 3. The van der Waals surface area contributed by atoms with Crippen molar-refractivity contribution < 1.29 is 4.79 Å². The highest BCUT2D eigenvalue weighted by atomic mass is 35.5. The van der Waals surface area contributed by atoms with Gasteiger partial charge in [-0.1, -0.05) is 17.7 Å². The average molecular weight is 214 g/mol. The lowest BCUT2D eigenvalue weighted by molar-refractivity contribution is -0.118. The van der Waals surface area contributed by atoms with E-state index >= 15 is 0 Å². The number of nitrogens with two attached hydrogens (primary N) is 1. The summed E-state index contributed by atoms with van der Waals surface area (Å²) in [5.41, 5.74) is 6.05. The molecule has 0 aliphatic carbocycles. The molecule has 1 heterocycles. The molecule has 1 aromatic rings. The van der Waals surface area contributed by atoms with Crippen LogP contribution in [0.5, 0.6) is 0 Å². The van der Waals surface area contributed by atoms with E-state index in [1.54, 1.807) is 12.3 Å². The van der Waals surface area contributed by atoms with E-state index in [2.05, 4.69) is 4.98 Å². The zero-order valence-corrected chi connectivity index (χ0v) is 8.66. The number of rotatable bonds is 4. The molecular weight excluding hydrogens is 202 g/mol. The molecule has 0 fully saturated rings. The van der Waals surface area contributed by atoms with Crippen molar-refractivity contribution in [2.75, 3.05) is 13.6 Å². The number of nitrogens with zero attached hydrogens (tertiary/aromatic N) is 2. The van der Waals surface area contributed by atoms with Crippen molar-refractivity contribution in [1.82, 2.24) is 9.88 Å². The number of primary amides is 1. The topological polar surface area (TPSA) is 59.2 Å². The van der Waals surface area contributed by atoms with Crippen LogP contribution >= 0.6 is 11.6 Å². The summed E-state index contributed by atoms with van der Waals surface area (Å²) in [4.78, 5) is 16.3. The molecule has 0 radical (unpaired) electrons. The molecule has 14 heavy (non-hydrogen) atoms. The molecule has 76 valence electrons. The van der Waals surface area contributed by atoms with Crippen LogP contribution in [0.25, 0.3) is 0 Å².